The fraction of sp³-hybridized carbons (Fsp3) is 0.250. The number of rotatable bonds is 8. The first-order chi connectivity index (χ1) is 16.0. The van der Waals surface area contributed by atoms with Gasteiger partial charge in [-0.15, -0.1) is 0 Å². The number of nitrogens with one attached hydrogen (secondary N) is 1. The number of thioether (sulfide) groups is 1. The van der Waals surface area contributed by atoms with Gasteiger partial charge in [0.25, 0.3) is 5.56 Å². The summed E-state index contributed by atoms with van der Waals surface area (Å²) in [5, 5.41) is 4.14. The van der Waals surface area contributed by atoms with Crippen LogP contribution >= 0.6 is 34.9 Å². The van der Waals surface area contributed by atoms with Crippen molar-refractivity contribution in [2.75, 3.05) is 12.3 Å². The monoisotopic (exact) mass is 498 g/mol. The minimum absolute atomic E-state index is 0.104. The van der Waals surface area contributed by atoms with Crippen molar-refractivity contribution in [1.29, 1.82) is 0 Å². The van der Waals surface area contributed by atoms with Crippen molar-refractivity contribution in [3.05, 3.63) is 75.0 Å². The van der Waals surface area contributed by atoms with Gasteiger partial charge in [0.2, 0.25) is 5.91 Å². The Morgan fingerprint density at radius 1 is 1.15 bits per heavy atom. The van der Waals surface area contributed by atoms with Crippen LogP contribution in [-0.4, -0.2) is 32.1 Å². The number of fused-ring (bicyclic) bond motifs is 1. The van der Waals surface area contributed by atoms with Gasteiger partial charge in [0.15, 0.2) is 5.16 Å². The van der Waals surface area contributed by atoms with E-state index >= 15 is 0 Å². The molecule has 2 heterocycles. The summed E-state index contributed by atoms with van der Waals surface area (Å²) in [5.41, 5.74) is 4.34. The van der Waals surface area contributed by atoms with E-state index in [9.17, 15) is 9.59 Å². The lowest BCUT2D eigenvalue weighted by Gasteiger charge is -2.10. The van der Waals surface area contributed by atoms with Gasteiger partial charge >= 0.3 is 0 Å². The number of benzene rings is 2. The quantitative estimate of drug-likeness (QED) is 0.274. The molecule has 0 saturated carbocycles. The third kappa shape index (κ3) is 5.46. The van der Waals surface area contributed by atoms with Gasteiger partial charge in [0.05, 0.1) is 5.75 Å². The summed E-state index contributed by atoms with van der Waals surface area (Å²) < 4.78 is 6.65. The van der Waals surface area contributed by atoms with Crippen LogP contribution < -0.4 is 10.9 Å². The Bertz CT molecular complexity index is 1330. The van der Waals surface area contributed by atoms with E-state index in [0.29, 0.717) is 39.2 Å². The number of hydrogen-bond acceptors (Lipinski definition) is 6. The first kappa shape index (κ1) is 23.5. The fourth-order valence-electron chi connectivity index (χ4n) is 3.36. The highest BCUT2D eigenvalue weighted by molar-refractivity contribution is 7.99. The van der Waals surface area contributed by atoms with Crippen LogP contribution in [0.5, 0.6) is 0 Å². The molecule has 170 valence electrons. The second-order valence-corrected chi connectivity index (χ2v) is 9.69. The number of halogens is 1. The van der Waals surface area contributed by atoms with Gasteiger partial charge in [-0.05, 0) is 49.5 Å². The maximum Gasteiger partial charge on any atom is 0.273 e. The molecule has 4 aromatic rings. The molecule has 1 N–H and O–H groups in total. The topological polar surface area (TPSA) is 76.9 Å². The Kier molecular flexibility index (Phi) is 7.47. The Morgan fingerprint density at radius 3 is 2.58 bits per heavy atom. The summed E-state index contributed by atoms with van der Waals surface area (Å²) in [7, 11) is 0. The van der Waals surface area contributed by atoms with Crippen LogP contribution in [0, 0.1) is 6.92 Å². The van der Waals surface area contributed by atoms with Crippen LogP contribution in [0.1, 0.15) is 18.1 Å². The number of hydrogen-bond donors (Lipinski definition) is 1. The zero-order valence-electron chi connectivity index (χ0n) is 18.3. The van der Waals surface area contributed by atoms with Crippen LogP contribution in [0.4, 0.5) is 0 Å². The zero-order chi connectivity index (χ0) is 23.4. The van der Waals surface area contributed by atoms with Crippen LogP contribution in [0.25, 0.3) is 21.5 Å². The van der Waals surface area contributed by atoms with Gasteiger partial charge in [-0.2, -0.15) is 4.37 Å². The number of aromatic nitrogens is 3. The molecule has 2 aromatic carbocycles. The first-order valence-electron chi connectivity index (χ1n) is 10.6. The third-order valence-electron chi connectivity index (χ3n) is 5.17. The Balaban J connectivity index is 1.48. The predicted molar refractivity (Wildman–Crippen MR) is 136 cm³/mol. The number of carbonyl (C=O) groups excluding carboxylic acids is 1. The predicted octanol–water partition coefficient (Wildman–Crippen LogP) is 4.95. The van der Waals surface area contributed by atoms with Gasteiger partial charge in [-0.25, -0.2) is 4.98 Å². The summed E-state index contributed by atoms with van der Waals surface area (Å²) in [6, 6.07) is 15.6. The van der Waals surface area contributed by atoms with Crippen LogP contribution in [0.3, 0.4) is 0 Å². The van der Waals surface area contributed by atoms with Gasteiger partial charge in [0.1, 0.15) is 15.9 Å². The number of nitrogens with zero attached hydrogens (tertiary/aromatic N) is 3. The van der Waals surface area contributed by atoms with E-state index in [0.717, 1.165) is 23.1 Å². The highest BCUT2D eigenvalue weighted by Crippen LogP contribution is 2.29. The molecular formula is C24H23ClN4O2S2. The summed E-state index contributed by atoms with van der Waals surface area (Å²) in [5.74, 6) is 0.0730. The van der Waals surface area contributed by atoms with E-state index in [1.165, 1.54) is 23.3 Å². The normalized spacial score (nSPS) is 11.1. The molecule has 0 fully saturated rings. The minimum atomic E-state index is -0.121. The SMILES string of the molecule is CCn1c(SCC(=O)NCCc2ccc(Cl)cc2)nc2c(-c3ccc(C)cc3)nsc2c1=O. The van der Waals surface area contributed by atoms with Crippen LogP contribution in [0.2, 0.25) is 5.02 Å². The molecule has 0 atom stereocenters. The fourth-order valence-corrected chi connectivity index (χ4v) is 5.17. The first-order valence-corrected chi connectivity index (χ1v) is 12.7. The zero-order valence-corrected chi connectivity index (χ0v) is 20.7. The van der Waals surface area contributed by atoms with Crippen molar-refractivity contribution < 1.29 is 4.79 Å². The molecule has 0 aliphatic rings. The standard InChI is InChI=1S/C24H23ClN4O2S2/c1-3-29-23(31)22-21(20(28-33-22)17-8-4-15(2)5-9-17)27-24(29)32-14-19(30)26-13-12-16-6-10-18(25)11-7-16/h4-11H,3,12-14H2,1-2H3,(H,26,30). The second-order valence-electron chi connectivity index (χ2n) is 7.53. The summed E-state index contributed by atoms with van der Waals surface area (Å²) in [4.78, 5) is 30.2. The maximum atomic E-state index is 13.0. The van der Waals surface area contributed by atoms with E-state index in [1.807, 2.05) is 62.4 Å². The Labute approximate surface area is 205 Å². The highest BCUT2D eigenvalue weighted by Gasteiger charge is 2.18. The molecule has 0 unspecified atom stereocenters. The molecular weight excluding hydrogens is 476 g/mol. The van der Waals surface area contributed by atoms with Crippen molar-refractivity contribution in [2.24, 2.45) is 0 Å². The van der Waals surface area contributed by atoms with Gasteiger partial charge in [-0.3, -0.25) is 14.2 Å². The van der Waals surface area contributed by atoms with Crippen LogP contribution in [-0.2, 0) is 17.8 Å². The third-order valence-corrected chi connectivity index (χ3v) is 7.22. The molecule has 0 saturated heterocycles. The average molecular weight is 499 g/mol. The van der Waals surface area contributed by atoms with Gasteiger partial charge in [0, 0.05) is 23.7 Å². The van der Waals surface area contributed by atoms with E-state index in [4.69, 9.17) is 16.6 Å². The highest BCUT2D eigenvalue weighted by atomic mass is 35.5. The van der Waals surface area contributed by atoms with Crippen molar-refractivity contribution in [3.63, 3.8) is 0 Å². The van der Waals surface area contributed by atoms with Crippen molar-refractivity contribution in [1.82, 2.24) is 19.2 Å². The summed E-state index contributed by atoms with van der Waals surface area (Å²) >= 11 is 8.34. The average Bonchev–Trinajstić information content (AvgIpc) is 3.24. The smallest absolute Gasteiger partial charge is 0.273 e. The van der Waals surface area contributed by atoms with E-state index in [2.05, 4.69) is 9.69 Å². The molecule has 0 aliphatic carbocycles. The molecule has 0 aliphatic heterocycles. The van der Waals surface area contributed by atoms with E-state index in [1.54, 1.807) is 4.57 Å². The molecule has 4 rings (SSSR count). The maximum absolute atomic E-state index is 13.0. The summed E-state index contributed by atoms with van der Waals surface area (Å²) in [6.07, 6.45) is 0.720. The number of carbonyl (C=O) groups is 1. The molecule has 0 radical (unpaired) electrons. The molecule has 6 nitrogen and oxygen atoms in total. The molecule has 0 spiro atoms. The van der Waals surface area contributed by atoms with Crippen LogP contribution in [0.15, 0.2) is 58.5 Å². The largest absolute Gasteiger partial charge is 0.355 e. The van der Waals surface area contributed by atoms with Crippen molar-refractivity contribution in [2.45, 2.75) is 32.0 Å². The van der Waals surface area contributed by atoms with E-state index in [-0.39, 0.29) is 17.2 Å². The minimum Gasteiger partial charge on any atom is -0.355 e. The second kappa shape index (κ2) is 10.5. The van der Waals surface area contributed by atoms with Gasteiger partial charge in [-0.1, -0.05) is 65.3 Å². The molecule has 0 bridgehead atoms. The molecule has 33 heavy (non-hydrogen) atoms. The lowest BCUT2D eigenvalue weighted by atomic mass is 10.1. The number of aryl methyl sites for hydroxylation is 1. The molecule has 2 aromatic heterocycles. The van der Waals surface area contributed by atoms with Crippen molar-refractivity contribution in [3.8, 4) is 11.3 Å². The van der Waals surface area contributed by atoms with Crippen molar-refractivity contribution >= 4 is 51.0 Å². The Morgan fingerprint density at radius 2 is 1.88 bits per heavy atom. The van der Waals surface area contributed by atoms with Gasteiger partial charge < -0.3 is 5.32 Å². The lowest BCUT2D eigenvalue weighted by molar-refractivity contribution is -0.118. The van der Waals surface area contributed by atoms with E-state index < -0.39 is 0 Å². The molecule has 1 amide bonds. The summed E-state index contributed by atoms with van der Waals surface area (Å²) in [6.45, 7) is 4.92. The molecule has 9 heteroatoms. The number of amides is 1. The lowest BCUT2D eigenvalue weighted by Crippen LogP contribution is -2.28. The Hall–Kier alpha value is -2.68.